The number of aromatic nitrogens is 1. The van der Waals surface area contributed by atoms with Crippen LogP contribution < -0.4 is 10.7 Å². The van der Waals surface area contributed by atoms with Crippen molar-refractivity contribution in [3.05, 3.63) is 59.4 Å². The lowest BCUT2D eigenvalue weighted by Gasteiger charge is -2.09. The SMILES string of the molecule is C/C(CC(=O)Nc1cc(C)ccc1C)=N/NC(=O)c1ccncc1. The molecule has 6 heteroatoms. The summed E-state index contributed by atoms with van der Waals surface area (Å²) in [6.07, 6.45) is 3.16. The number of benzene rings is 1. The summed E-state index contributed by atoms with van der Waals surface area (Å²) in [5.74, 6) is -0.519. The van der Waals surface area contributed by atoms with Crippen molar-refractivity contribution < 1.29 is 9.59 Å². The van der Waals surface area contributed by atoms with Crippen molar-refractivity contribution in [1.82, 2.24) is 10.4 Å². The Morgan fingerprint density at radius 1 is 1.12 bits per heavy atom. The number of carbonyl (C=O) groups excluding carboxylic acids is 2. The maximum absolute atomic E-state index is 12.1. The van der Waals surface area contributed by atoms with Crippen LogP contribution in [0.15, 0.2) is 47.8 Å². The van der Waals surface area contributed by atoms with E-state index in [0.29, 0.717) is 11.3 Å². The Labute approximate surface area is 141 Å². The Kier molecular flexibility index (Phi) is 5.78. The molecule has 0 saturated carbocycles. The van der Waals surface area contributed by atoms with Gasteiger partial charge in [-0.15, -0.1) is 0 Å². The van der Waals surface area contributed by atoms with E-state index in [4.69, 9.17) is 0 Å². The van der Waals surface area contributed by atoms with E-state index < -0.39 is 0 Å². The fourth-order valence-electron chi connectivity index (χ4n) is 2.05. The molecule has 124 valence electrons. The van der Waals surface area contributed by atoms with Gasteiger partial charge in [0, 0.05) is 29.4 Å². The van der Waals surface area contributed by atoms with Crippen LogP contribution in [0.2, 0.25) is 0 Å². The first kappa shape index (κ1) is 17.3. The van der Waals surface area contributed by atoms with Crippen molar-refractivity contribution in [2.45, 2.75) is 27.2 Å². The summed E-state index contributed by atoms with van der Waals surface area (Å²) < 4.78 is 0. The number of carbonyl (C=O) groups is 2. The predicted molar refractivity (Wildman–Crippen MR) is 94.0 cm³/mol. The van der Waals surface area contributed by atoms with E-state index in [0.717, 1.165) is 16.8 Å². The lowest BCUT2D eigenvalue weighted by Crippen LogP contribution is -2.21. The van der Waals surface area contributed by atoms with Gasteiger partial charge in [0.05, 0.1) is 6.42 Å². The van der Waals surface area contributed by atoms with Gasteiger partial charge in [-0.2, -0.15) is 5.10 Å². The summed E-state index contributed by atoms with van der Waals surface area (Å²) in [4.78, 5) is 27.8. The molecule has 1 aromatic carbocycles. The second kappa shape index (κ2) is 8.01. The average Bonchev–Trinajstić information content (AvgIpc) is 2.56. The van der Waals surface area contributed by atoms with Crippen LogP contribution in [-0.4, -0.2) is 22.5 Å². The van der Waals surface area contributed by atoms with Crippen LogP contribution in [0.25, 0.3) is 0 Å². The number of rotatable bonds is 5. The van der Waals surface area contributed by atoms with E-state index in [-0.39, 0.29) is 18.2 Å². The van der Waals surface area contributed by atoms with E-state index in [2.05, 4.69) is 20.8 Å². The van der Waals surface area contributed by atoms with Gasteiger partial charge < -0.3 is 5.32 Å². The van der Waals surface area contributed by atoms with E-state index in [1.807, 2.05) is 32.0 Å². The van der Waals surface area contributed by atoms with Crippen molar-refractivity contribution in [3.63, 3.8) is 0 Å². The zero-order valence-electron chi connectivity index (χ0n) is 14.0. The molecule has 2 rings (SSSR count). The maximum atomic E-state index is 12.1. The predicted octanol–water partition coefficient (Wildman–Crippen LogP) is 2.83. The Balaban J connectivity index is 1.91. The third-order valence-corrected chi connectivity index (χ3v) is 3.37. The van der Waals surface area contributed by atoms with Crippen LogP contribution in [0.1, 0.15) is 34.8 Å². The molecule has 0 aliphatic rings. The highest BCUT2D eigenvalue weighted by Crippen LogP contribution is 2.16. The normalized spacial score (nSPS) is 11.0. The van der Waals surface area contributed by atoms with E-state index in [9.17, 15) is 9.59 Å². The molecule has 0 bridgehead atoms. The van der Waals surface area contributed by atoms with Crippen molar-refractivity contribution in [1.29, 1.82) is 0 Å². The number of pyridine rings is 1. The summed E-state index contributed by atoms with van der Waals surface area (Å²) in [7, 11) is 0. The zero-order valence-corrected chi connectivity index (χ0v) is 14.0. The van der Waals surface area contributed by atoms with Crippen molar-refractivity contribution in [3.8, 4) is 0 Å². The Morgan fingerprint density at radius 3 is 2.54 bits per heavy atom. The van der Waals surface area contributed by atoms with Crippen LogP contribution in [0.5, 0.6) is 0 Å². The summed E-state index contributed by atoms with van der Waals surface area (Å²) in [6, 6.07) is 9.05. The van der Waals surface area contributed by atoms with Crippen LogP contribution in [-0.2, 0) is 4.79 Å². The standard InChI is InChI=1S/C18H20N4O2/c1-12-4-5-13(2)16(10-12)20-17(23)11-14(3)21-22-18(24)15-6-8-19-9-7-15/h4-10H,11H2,1-3H3,(H,20,23)(H,22,24)/b21-14-. The molecule has 0 atom stereocenters. The van der Waals surface area contributed by atoms with Gasteiger partial charge in [-0.3, -0.25) is 14.6 Å². The van der Waals surface area contributed by atoms with Crippen LogP contribution >= 0.6 is 0 Å². The fraction of sp³-hybridized carbons (Fsp3) is 0.222. The Hall–Kier alpha value is -3.02. The van der Waals surface area contributed by atoms with Crippen molar-refractivity contribution in [2.75, 3.05) is 5.32 Å². The second-order valence-corrected chi connectivity index (χ2v) is 5.57. The fourth-order valence-corrected chi connectivity index (χ4v) is 2.05. The number of nitrogens with one attached hydrogen (secondary N) is 2. The molecule has 24 heavy (non-hydrogen) atoms. The number of hydrogen-bond acceptors (Lipinski definition) is 4. The number of amides is 2. The van der Waals surface area contributed by atoms with E-state index in [1.165, 1.54) is 12.4 Å². The number of anilines is 1. The minimum atomic E-state index is -0.341. The summed E-state index contributed by atoms with van der Waals surface area (Å²) in [5, 5.41) is 6.82. The lowest BCUT2D eigenvalue weighted by atomic mass is 10.1. The minimum absolute atomic E-state index is 0.101. The molecule has 0 fully saturated rings. The van der Waals surface area contributed by atoms with Crippen LogP contribution in [0.3, 0.4) is 0 Å². The maximum Gasteiger partial charge on any atom is 0.271 e. The first-order valence-corrected chi connectivity index (χ1v) is 7.56. The lowest BCUT2D eigenvalue weighted by molar-refractivity contribution is -0.115. The number of nitrogens with zero attached hydrogens (tertiary/aromatic N) is 2. The van der Waals surface area contributed by atoms with E-state index >= 15 is 0 Å². The van der Waals surface area contributed by atoms with Gasteiger partial charge >= 0.3 is 0 Å². The first-order valence-electron chi connectivity index (χ1n) is 7.56. The van der Waals surface area contributed by atoms with Gasteiger partial charge in [-0.25, -0.2) is 5.43 Å². The first-order chi connectivity index (χ1) is 11.5. The number of hydrazone groups is 1. The van der Waals surface area contributed by atoms with Gasteiger partial charge in [0.1, 0.15) is 0 Å². The molecule has 1 aromatic heterocycles. The monoisotopic (exact) mass is 324 g/mol. The summed E-state index contributed by atoms with van der Waals surface area (Å²) in [5.41, 5.74) is 6.26. The molecule has 0 unspecified atom stereocenters. The average molecular weight is 324 g/mol. The largest absolute Gasteiger partial charge is 0.326 e. The Bertz CT molecular complexity index is 770. The second-order valence-electron chi connectivity index (χ2n) is 5.57. The molecule has 2 amide bonds. The van der Waals surface area contributed by atoms with Gasteiger partial charge in [0.2, 0.25) is 5.91 Å². The van der Waals surface area contributed by atoms with Gasteiger partial charge in [-0.1, -0.05) is 12.1 Å². The third-order valence-electron chi connectivity index (χ3n) is 3.37. The quantitative estimate of drug-likeness (QED) is 0.655. The number of aryl methyl sites for hydroxylation is 2. The summed E-state index contributed by atoms with van der Waals surface area (Å²) in [6.45, 7) is 5.59. The zero-order chi connectivity index (χ0) is 17.5. The Morgan fingerprint density at radius 2 is 1.83 bits per heavy atom. The third kappa shape index (κ3) is 5.01. The highest BCUT2D eigenvalue weighted by Gasteiger charge is 2.08. The molecule has 1 heterocycles. The molecule has 0 radical (unpaired) electrons. The molecule has 0 aliphatic carbocycles. The molecule has 2 N–H and O–H groups in total. The molecule has 0 spiro atoms. The van der Waals surface area contributed by atoms with Crippen LogP contribution in [0.4, 0.5) is 5.69 Å². The molecule has 0 aliphatic heterocycles. The van der Waals surface area contributed by atoms with Gasteiger partial charge in [-0.05, 0) is 50.1 Å². The van der Waals surface area contributed by atoms with Crippen molar-refractivity contribution in [2.24, 2.45) is 5.10 Å². The number of hydrogen-bond donors (Lipinski definition) is 2. The topological polar surface area (TPSA) is 83.5 Å². The van der Waals surface area contributed by atoms with Gasteiger partial charge in [0.15, 0.2) is 0 Å². The minimum Gasteiger partial charge on any atom is -0.326 e. The molecule has 2 aromatic rings. The summed E-state index contributed by atoms with van der Waals surface area (Å²) >= 11 is 0. The van der Waals surface area contributed by atoms with E-state index in [1.54, 1.807) is 19.1 Å². The van der Waals surface area contributed by atoms with Crippen molar-refractivity contribution >= 4 is 23.2 Å². The smallest absolute Gasteiger partial charge is 0.271 e. The molecular formula is C18H20N4O2. The highest BCUT2D eigenvalue weighted by atomic mass is 16.2. The van der Waals surface area contributed by atoms with Crippen LogP contribution in [0, 0.1) is 13.8 Å². The molecular weight excluding hydrogens is 304 g/mol. The van der Waals surface area contributed by atoms with Gasteiger partial charge in [0.25, 0.3) is 5.91 Å². The molecule has 6 nitrogen and oxygen atoms in total. The highest BCUT2D eigenvalue weighted by molar-refractivity contribution is 6.06. The molecule has 0 saturated heterocycles.